The van der Waals surface area contributed by atoms with Crippen LogP contribution in [0.25, 0.3) is 0 Å². The van der Waals surface area contributed by atoms with Gasteiger partial charge >= 0.3 is 0 Å². The highest BCUT2D eigenvalue weighted by Gasteiger charge is 2.13. The predicted octanol–water partition coefficient (Wildman–Crippen LogP) is 2.01. The summed E-state index contributed by atoms with van der Waals surface area (Å²) >= 11 is 1.45. The third-order valence-electron chi connectivity index (χ3n) is 2.75. The van der Waals surface area contributed by atoms with Gasteiger partial charge in [0, 0.05) is 12.7 Å². The third kappa shape index (κ3) is 4.95. The van der Waals surface area contributed by atoms with Crippen LogP contribution in [0.1, 0.15) is 12.5 Å². The van der Waals surface area contributed by atoms with Gasteiger partial charge in [-0.05, 0) is 24.3 Å². The second-order valence-electron chi connectivity index (χ2n) is 4.24. The first-order valence-electron chi connectivity index (χ1n) is 6.19. The molecule has 0 radical (unpaired) electrons. The van der Waals surface area contributed by atoms with Crippen LogP contribution in [0.2, 0.25) is 0 Å². The summed E-state index contributed by atoms with van der Waals surface area (Å²) in [5.41, 5.74) is 1.91. The number of aryl methyl sites for hydroxylation is 1. The van der Waals surface area contributed by atoms with Gasteiger partial charge in [-0.1, -0.05) is 25.1 Å². The van der Waals surface area contributed by atoms with Crippen LogP contribution in [0.4, 0.5) is 5.69 Å². The number of nitrogens with zero attached hydrogens (tertiary/aromatic N) is 1. The molecule has 104 valence electrons. The van der Waals surface area contributed by atoms with Crippen molar-refractivity contribution in [3.63, 3.8) is 0 Å². The first-order valence-corrected chi connectivity index (χ1v) is 7.58. The summed E-state index contributed by atoms with van der Waals surface area (Å²) in [6.07, 6.45) is 2.72. The van der Waals surface area contributed by atoms with Crippen molar-refractivity contribution in [3.8, 4) is 0 Å². The van der Waals surface area contributed by atoms with Crippen LogP contribution < -0.4 is 5.32 Å². The fourth-order valence-electron chi connectivity index (χ4n) is 1.68. The number of hydrogen-bond acceptors (Lipinski definition) is 3. The van der Waals surface area contributed by atoms with E-state index in [1.807, 2.05) is 37.4 Å². The molecule has 1 aromatic carbocycles. The van der Waals surface area contributed by atoms with Gasteiger partial charge in [-0.15, -0.1) is 0 Å². The number of amides is 2. The Morgan fingerprint density at radius 3 is 2.63 bits per heavy atom. The van der Waals surface area contributed by atoms with E-state index >= 15 is 0 Å². The molecule has 0 aliphatic heterocycles. The Morgan fingerprint density at radius 2 is 2.00 bits per heavy atom. The van der Waals surface area contributed by atoms with Gasteiger partial charge < -0.3 is 10.2 Å². The van der Waals surface area contributed by atoms with Gasteiger partial charge in [0.1, 0.15) is 0 Å². The number of nitrogens with one attached hydrogen (secondary N) is 1. The fourth-order valence-corrected chi connectivity index (χ4v) is 2.14. The molecule has 19 heavy (non-hydrogen) atoms. The number of likely N-dealkylation sites (N-methyl/N-ethyl adjacent to an activating group) is 1. The summed E-state index contributed by atoms with van der Waals surface area (Å²) in [5.74, 6) is 0.194. The number of thioether (sulfide) groups is 1. The van der Waals surface area contributed by atoms with E-state index in [4.69, 9.17) is 0 Å². The SMILES string of the molecule is CCc1ccccc1NC(=O)CN(C)C(=O)CSC. The highest BCUT2D eigenvalue weighted by molar-refractivity contribution is 7.99. The van der Waals surface area contributed by atoms with E-state index in [-0.39, 0.29) is 18.4 Å². The van der Waals surface area contributed by atoms with Crippen molar-refractivity contribution in [1.29, 1.82) is 0 Å². The molecule has 0 fully saturated rings. The van der Waals surface area contributed by atoms with Crippen LogP contribution >= 0.6 is 11.8 Å². The zero-order chi connectivity index (χ0) is 14.3. The highest BCUT2D eigenvalue weighted by Crippen LogP contribution is 2.15. The van der Waals surface area contributed by atoms with Crippen LogP contribution in [-0.2, 0) is 16.0 Å². The van der Waals surface area contributed by atoms with E-state index in [1.165, 1.54) is 16.7 Å². The zero-order valence-electron chi connectivity index (χ0n) is 11.6. The number of carbonyl (C=O) groups excluding carboxylic acids is 2. The maximum Gasteiger partial charge on any atom is 0.243 e. The van der Waals surface area contributed by atoms with Gasteiger partial charge in [0.2, 0.25) is 11.8 Å². The monoisotopic (exact) mass is 280 g/mol. The third-order valence-corrected chi connectivity index (χ3v) is 3.28. The van der Waals surface area contributed by atoms with Crippen LogP contribution in [0.5, 0.6) is 0 Å². The van der Waals surface area contributed by atoms with Gasteiger partial charge in [-0.25, -0.2) is 0 Å². The zero-order valence-corrected chi connectivity index (χ0v) is 12.4. The van der Waals surface area contributed by atoms with Gasteiger partial charge in [0.25, 0.3) is 0 Å². The second-order valence-corrected chi connectivity index (χ2v) is 5.11. The first-order chi connectivity index (χ1) is 9.08. The number of carbonyl (C=O) groups is 2. The average Bonchev–Trinajstić information content (AvgIpc) is 2.39. The Hall–Kier alpha value is -1.49. The Labute approximate surface area is 118 Å². The molecule has 1 N–H and O–H groups in total. The molecule has 2 amide bonds. The predicted molar refractivity (Wildman–Crippen MR) is 80.5 cm³/mol. The molecule has 0 saturated heterocycles. The minimum atomic E-state index is -0.169. The minimum Gasteiger partial charge on any atom is -0.336 e. The van der Waals surface area contributed by atoms with E-state index in [0.717, 1.165) is 17.7 Å². The highest BCUT2D eigenvalue weighted by atomic mass is 32.2. The summed E-state index contributed by atoms with van der Waals surface area (Å²) < 4.78 is 0. The van der Waals surface area contributed by atoms with Gasteiger partial charge in [-0.3, -0.25) is 9.59 Å². The van der Waals surface area contributed by atoms with E-state index in [0.29, 0.717) is 5.75 Å². The molecule has 0 atom stereocenters. The summed E-state index contributed by atoms with van der Waals surface area (Å²) in [6, 6.07) is 7.69. The molecule has 0 aromatic heterocycles. The van der Waals surface area contributed by atoms with Crippen molar-refractivity contribution < 1.29 is 9.59 Å². The summed E-state index contributed by atoms with van der Waals surface area (Å²) in [5, 5.41) is 2.85. The average molecular weight is 280 g/mol. The molecule has 0 aliphatic carbocycles. The quantitative estimate of drug-likeness (QED) is 0.867. The molecule has 0 saturated carbocycles. The molecule has 0 heterocycles. The van der Waals surface area contributed by atoms with Gasteiger partial charge in [0.05, 0.1) is 12.3 Å². The largest absolute Gasteiger partial charge is 0.336 e. The van der Waals surface area contributed by atoms with Crippen LogP contribution in [0, 0.1) is 0 Å². The minimum absolute atomic E-state index is 0.0357. The molecule has 1 rings (SSSR count). The van der Waals surface area contributed by atoms with Crippen molar-refractivity contribution in [3.05, 3.63) is 29.8 Å². The summed E-state index contributed by atoms with van der Waals surface area (Å²) in [7, 11) is 1.64. The molecule has 0 aliphatic rings. The maximum atomic E-state index is 11.9. The second kappa shape index (κ2) is 7.84. The lowest BCUT2D eigenvalue weighted by molar-refractivity contribution is -0.131. The Morgan fingerprint density at radius 1 is 1.32 bits per heavy atom. The molecule has 4 nitrogen and oxygen atoms in total. The molecular formula is C14H20N2O2S. The van der Waals surface area contributed by atoms with E-state index in [2.05, 4.69) is 5.32 Å². The number of para-hydroxylation sites is 1. The standard InChI is InChI=1S/C14H20N2O2S/c1-4-11-7-5-6-8-12(11)15-13(17)9-16(2)14(18)10-19-3/h5-8H,4,9-10H2,1-3H3,(H,15,17). The van der Waals surface area contributed by atoms with Crippen molar-refractivity contribution in [2.75, 3.05) is 30.9 Å². The van der Waals surface area contributed by atoms with Crippen molar-refractivity contribution in [1.82, 2.24) is 4.90 Å². The topological polar surface area (TPSA) is 49.4 Å². The lowest BCUT2D eigenvalue weighted by Gasteiger charge is -2.17. The van der Waals surface area contributed by atoms with Gasteiger partial charge in [-0.2, -0.15) is 11.8 Å². The number of hydrogen-bond donors (Lipinski definition) is 1. The summed E-state index contributed by atoms with van der Waals surface area (Å²) in [4.78, 5) is 24.9. The van der Waals surface area contributed by atoms with Crippen molar-refractivity contribution in [2.24, 2.45) is 0 Å². The van der Waals surface area contributed by atoms with Crippen LogP contribution in [0.3, 0.4) is 0 Å². The Kier molecular flexibility index (Phi) is 6.42. The van der Waals surface area contributed by atoms with Crippen molar-refractivity contribution in [2.45, 2.75) is 13.3 Å². The summed E-state index contributed by atoms with van der Waals surface area (Å²) in [6.45, 7) is 2.12. The fraction of sp³-hybridized carbons (Fsp3) is 0.429. The molecular weight excluding hydrogens is 260 g/mol. The van der Waals surface area contributed by atoms with Crippen LogP contribution in [-0.4, -0.2) is 42.3 Å². The lowest BCUT2D eigenvalue weighted by Crippen LogP contribution is -2.36. The van der Waals surface area contributed by atoms with E-state index < -0.39 is 0 Å². The van der Waals surface area contributed by atoms with E-state index in [1.54, 1.807) is 7.05 Å². The normalized spacial score (nSPS) is 10.1. The van der Waals surface area contributed by atoms with Crippen molar-refractivity contribution >= 4 is 29.3 Å². The molecule has 1 aromatic rings. The number of rotatable bonds is 6. The molecule has 0 unspecified atom stereocenters. The number of anilines is 1. The molecule has 0 bridgehead atoms. The number of benzene rings is 1. The molecule has 0 spiro atoms. The van der Waals surface area contributed by atoms with Crippen LogP contribution in [0.15, 0.2) is 24.3 Å². The lowest BCUT2D eigenvalue weighted by atomic mass is 10.1. The molecule has 5 heteroatoms. The van der Waals surface area contributed by atoms with Gasteiger partial charge in [0.15, 0.2) is 0 Å². The Bertz CT molecular complexity index is 449. The van der Waals surface area contributed by atoms with E-state index in [9.17, 15) is 9.59 Å². The smallest absolute Gasteiger partial charge is 0.243 e. The first kappa shape index (κ1) is 15.6. The Balaban J connectivity index is 2.58. The maximum absolute atomic E-state index is 11.9.